The number of hydrogen-bond acceptors (Lipinski definition) is 4. The molecule has 1 heterocycles. The van der Waals surface area contributed by atoms with Crippen LogP contribution in [0.15, 0.2) is 65.2 Å². The molecule has 0 bridgehead atoms. The highest BCUT2D eigenvalue weighted by molar-refractivity contribution is 6.31. The van der Waals surface area contributed by atoms with Crippen molar-refractivity contribution in [2.24, 2.45) is 0 Å². The molecule has 0 saturated carbocycles. The van der Waals surface area contributed by atoms with E-state index in [-0.39, 0.29) is 12.3 Å². The number of aliphatic hydroxyl groups is 1. The van der Waals surface area contributed by atoms with Crippen LogP contribution in [-0.4, -0.2) is 22.7 Å². The highest BCUT2D eigenvalue weighted by atomic mass is 35.5. The van der Waals surface area contributed by atoms with Crippen LogP contribution in [0.4, 0.5) is 0 Å². The molecule has 0 aliphatic rings. The largest absolute Gasteiger partial charge is 0.387 e. The molecule has 0 radical (unpaired) electrons. The fraction of sp³-hybridized carbons (Fsp3) is 0.111. The molecule has 1 amide bonds. The molecule has 3 rings (SSSR count). The Morgan fingerprint density at radius 3 is 2.62 bits per heavy atom. The highest BCUT2D eigenvalue weighted by Gasteiger charge is 2.17. The molecule has 2 aromatic carbocycles. The normalized spacial score (nSPS) is 11.9. The molecule has 3 aromatic rings. The highest BCUT2D eigenvalue weighted by Crippen LogP contribution is 2.22. The number of benzene rings is 2. The maximum absolute atomic E-state index is 12.1. The van der Waals surface area contributed by atoms with E-state index < -0.39 is 12.0 Å². The average molecular weight is 343 g/mol. The number of aliphatic hydroxyl groups excluding tert-OH is 1. The molecular weight excluding hydrogens is 328 g/mol. The van der Waals surface area contributed by atoms with Gasteiger partial charge in [-0.05, 0) is 6.07 Å². The van der Waals surface area contributed by atoms with E-state index in [0.29, 0.717) is 16.3 Å². The van der Waals surface area contributed by atoms with Crippen LogP contribution >= 0.6 is 11.6 Å². The Balaban J connectivity index is 1.64. The molecule has 0 aliphatic heterocycles. The zero-order chi connectivity index (χ0) is 16.9. The first kappa shape index (κ1) is 16.2. The third kappa shape index (κ3) is 3.64. The van der Waals surface area contributed by atoms with Crippen molar-refractivity contribution in [1.29, 1.82) is 0 Å². The zero-order valence-corrected chi connectivity index (χ0v) is 13.4. The van der Waals surface area contributed by atoms with E-state index in [1.54, 1.807) is 30.3 Å². The number of amides is 1. The van der Waals surface area contributed by atoms with Crippen molar-refractivity contribution >= 4 is 17.5 Å². The molecule has 24 heavy (non-hydrogen) atoms. The van der Waals surface area contributed by atoms with Crippen molar-refractivity contribution in [2.45, 2.75) is 6.10 Å². The van der Waals surface area contributed by atoms with Crippen molar-refractivity contribution in [3.8, 4) is 11.3 Å². The molecule has 0 saturated heterocycles. The molecule has 2 N–H and O–H groups in total. The summed E-state index contributed by atoms with van der Waals surface area (Å²) in [5.74, 6) is -0.365. The van der Waals surface area contributed by atoms with Crippen LogP contribution in [0, 0.1) is 0 Å². The fourth-order valence-electron chi connectivity index (χ4n) is 2.26. The van der Waals surface area contributed by atoms with Gasteiger partial charge in [0.2, 0.25) is 5.76 Å². The van der Waals surface area contributed by atoms with E-state index in [4.69, 9.17) is 16.1 Å². The average Bonchev–Trinajstić information content (AvgIpc) is 3.11. The lowest BCUT2D eigenvalue weighted by atomic mass is 10.1. The molecule has 1 unspecified atom stereocenters. The van der Waals surface area contributed by atoms with Gasteiger partial charge in [0.15, 0.2) is 0 Å². The number of hydrogen-bond donors (Lipinski definition) is 2. The number of carbonyl (C=O) groups is 1. The van der Waals surface area contributed by atoms with Crippen LogP contribution in [0.5, 0.6) is 0 Å². The van der Waals surface area contributed by atoms with Gasteiger partial charge in [-0.2, -0.15) is 0 Å². The Morgan fingerprint density at radius 1 is 1.17 bits per heavy atom. The summed E-state index contributed by atoms with van der Waals surface area (Å²) in [4.78, 5) is 12.1. The predicted octanol–water partition coefficient (Wildman–Crippen LogP) is 3.46. The van der Waals surface area contributed by atoms with Gasteiger partial charge < -0.3 is 14.9 Å². The van der Waals surface area contributed by atoms with Crippen LogP contribution in [-0.2, 0) is 0 Å². The van der Waals surface area contributed by atoms with Crippen molar-refractivity contribution < 1.29 is 14.4 Å². The van der Waals surface area contributed by atoms with Gasteiger partial charge >= 0.3 is 0 Å². The number of aromatic nitrogens is 1. The summed E-state index contributed by atoms with van der Waals surface area (Å²) in [6, 6.07) is 17.9. The van der Waals surface area contributed by atoms with E-state index >= 15 is 0 Å². The molecular formula is C18H15ClN2O3. The van der Waals surface area contributed by atoms with E-state index in [9.17, 15) is 9.90 Å². The molecule has 0 fully saturated rings. The van der Waals surface area contributed by atoms with Gasteiger partial charge in [0.25, 0.3) is 5.91 Å². The Labute approximate surface area is 143 Å². The van der Waals surface area contributed by atoms with Gasteiger partial charge in [-0.3, -0.25) is 4.79 Å². The maximum Gasteiger partial charge on any atom is 0.290 e. The van der Waals surface area contributed by atoms with E-state index in [0.717, 1.165) is 5.56 Å². The van der Waals surface area contributed by atoms with Gasteiger partial charge in [-0.15, -0.1) is 0 Å². The summed E-state index contributed by atoms with van der Waals surface area (Å²) >= 11 is 6.02. The first-order valence-corrected chi connectivity index (χ1v) is 7.76. The number of halogens is 1. The minimum atomic E-state index is -0.904. The fourth-order valence-corrected chi connectivity index (χ4v) is 2.52. The second-order valence-corrected chi connectivity index (χ2v) is 5.60. The van der Waals surface area contributed by atoms with Gasteiger partial charge in [-0.1, -0.05) is 65.3 Å². The first-order valence-electron chi connectivity index (χ1n) is 7.38. The second kappa shape index (κ2) is 7.29. The first-order chi connectivity index (χ1) is 11.6. The molecule has 122 valence electrons. The Kier molecular flexibility index (Phi) is 4.93. The van der Waals surface area contributed by atoms with Crippen LogP contribution in [0.2, 0.25) is 5.02 Å². The van der Waals surface area contributed by atoms with E-state index in [2.05, 4.69) is 10.5 Å². The summed E-state index contributed by atoms with van der Waals surface area (Å²) in [5, 5.41) is 17.1. The molecule has 0 aliphatic carbocycles. The number of rotatable bonds is 5. The van der Waals surface area contributed by atoms with Gasteiger partial charge in [0.05, 0.1) is 6.10 Å². The summed E-state index contributed by atoms with van der Waals surface area (Å²) in [5.41, 5.74) is 1.99. The molecule has 0 spiro atoms. The zero-order valence-electron chi connectivity index (χ0n) is 12.6. The summed E-state index contributed by atoms with van der Waals surface area (Å²) in [6.45, 7) is 0.0178. The number of nitrogens with one attached hydrogen (secondary N) is 1. The smallest absolute Gasteiger partial charge is 0.290 e. The van der Waals surface area contributed by atoms with E-state index in [1.807, 2.05) is 30.3 Å². The lowest BCUT2D eigenvalue weighted by molar-refractivity contribution is 0.0880. The lowest BCUT2D eigenvalue weighted by Gasteiger charge is -2.12. The van der Waals surface area contributed by atoms with Gasteiger partial charge in [0.1, 0.15) is 5.69 Å². The van der Waals surface area contributed by atoms with Crippen molar-refractivity contribution in [1.82, 2.24) is 10.5 Å². The topological polar surface area (TPSA) is 75.4 Å². The quantitative estimate of drug-likeness (QED) is 0.744. The minimum absolute atomic E-state index is 0.0178. The SMILES string of the molecule is O=C(NCC(O)c1ccccc1Cl)c1cc(-c2ccccc2)no1. The standard InChI is InChI=1S/C18H15ClN2O3/c19-14-9-5-4-8-13(14)16(22)11-20-18(23)17-10-15(21-24-17)12-6-2-1-3-7-12/h1-10,16,22H,11H2,(H,20,23). The van der Waals surface area contributed by atoms with Crippen LogP contribution in [0.3, 0.4) is 0 Å². The van der Waals surface area contributed by atoms with Crippen LogP contribution in [0.25, 0.3) is 11.3 Å². The van der Waals surface area contributed by atoms with Crippen LogP contribution < -0.4 is 5.32 Å². The third-order valence-electron chi connectivity index (χ3n) is 3.52. The lowest BCUT2D eigenvalue weighted by Crippen LogP contribution is -2.28. The van der Waals surface area contributed by atoms with Crippen LogP contribution in [0.1, 0.15) is 22.2 Å². The van der Waals surface area contributed by atoms with Crippen molar-refractivity contribution in [3.63, 3.8) is 0 Å². The predicted molar refractivity (Wildman–Crippen MR) is 90.7 cm³/mol. The summed E-state index contributed by atoms with van der Waals surface area (Å²) < 4.78 is 5.07. The summed E-state index contributed by atoms with van der Waals surface area (Å²) in [6.07, 6.45) is -0.904. The Morgan fingerprint density at radius 2 is 1.88 bits per heavy atom. The van der Waals surface area contributed by atoms with Gasteiger partial charge in [0, 0.05) is 28.8 Å². The van der Waals surface area contributed by atoms with Crippen molar-refractivity contribution in [2.75, 3.05) is 6.54 Å². The monoisotopic (exact) mass is 342 g/mol. The summed E-state index contributed by atoms with van der Waals surface area (Å²) in [7, 11) is 0. The third-order valence-corrected chi connectivity index (χ3v) is 3.87. The molecule has 5 nitrogen and oxygen atoms in total. The molecule has 6 heteroatoms. The molecule has 1 atom stereocenters. The number of carbonyl (C=O) groups excluding carboxylic acids is 1. The van der Waals surface area contributed by atoms with Gasteiger partial charge in [-0.25, -0.2) is 0 Å². The number of nitrogens with zero attached hydrogens (tertiary/aromatic N) is 1. The maximum atomic E-state index is 12.1. The Hall–Kier alpha value is -2.63. The Bertz CT molecular complexity index is 833. The second-order valence-electron chi connectivity index (χ2n) is 5.19. The van der Waals surface area contributed by atoms with E-state index in [1.165, 1.54) is 0 Å². The molecule has 1 aromatic heterocycles. The van der Waals surface area contributed by atoms with Crippen molar-refractivity contribution in [3.05, 3.63) is 77.0 Å². The minimum Gasteiger partial charge on any atom is -0.387 e.